The number of aryl methyl sites for hydroxylation is 2. The molecule has 2 amide bonds. The Morgan fingerprint density at radius 2 is 1.80 bits per heavy atom. The zero-order valence-electron chi connectivity index (χ0n) is 27.0. The number of carboxylic acid groups (broad SMARTS) is 1. The lowest BCUT2D eigenvalue weighted by atomic mass is 9.90. The average Bonchev–Trinajstić information content (AvgIpc) is 3.05. The number of alkyl halides is 3. The fourth-order valence-corrected chi connectivity index (χ4v) is 5.09. The first-order valence-corrected chi connectivity index (χ1v) is 15.0. The molecular formula is C35H33F4N3O7. The summed E-state index contributed by atoms with van der Waals surface area (Å²) in [6, 6.07) is 9.65. The van der Waals surface area contributed by atoms with Gasteiger partial charge in [-0.3, -0.25) is 19.4 Å². The number of aromatic nitrogens is 1. The van der Waals surface area contributed by atoms with Crippen molar-refractivity contribution in [3.63, 3.8) is 0 Å². The van der Waals surface area contributed by atoms with Crippen molar-refractivity contribution in [3.8, 4) is 11.5 Å². The molecule has 1 atom stereocenters. The van der Waals surface area contributed by atoms with E-state index < -0.39 is 53.0 Å². The molecule has 0 bridgehead atoms. The Morgan fingerprint density at radius 1 is 1.06 bits per heavy atom. The number of aromatic carboxylic acids is 1. The van der Waals surface area contributed by atoms with E-state index in [0.29, 0.717) is 29.4 Å². The highest BCUT2D eigenvalue weighted by Gasteiger charge is 2.34. The molecule has 14 heteroatoms. The monoisotopic (exact) mass is 683 g/mol. The molecule has 1 unspecified atom stereocenters. The molecule has 2 N–H and O–H groups in total. The van der Waals surface area contributed by atoms with Crippen LogP contribution in [0, 0.1) is 12.7 Å². The summed E-state index contributed by atoms with van der Waals surface area (Å²) in [6.45, 7) is 1.70. The molecule has 0 spiro atoms. The summed E-state index contributed by atoms with van der Waals surface area (Å²) >= 11 is 0. The number of carbonyl (C=O) groups excluding carboxylic acids is 3. The van der Waals surface area contributed by atoms with E-state index in [9.17, 15) is 36.7 Å². The molecule has 258 valence electrons. The highest BCUT2D eigenvalue weighted by molar-refractivity contribution is 6.09. The van der Waals surface area contributed by atoms with E-state index in [1.165, 1.54) is 44.3 Å². The number of carboxylic acids is 1. The van der Waals surface area contributed by atoms with Crippen molar-refractivity contribution < 1.29 is 51.3 Å². The van der Waals surface area contributed by atoms with E-state index in [1.54, 1.807) is 25.1 Å². The van der Waals surface area contributed by atoms with Crippen LogP contribution in [-0.4, -0.2) is 66.1 Å². The summed E-state index contributed by atoms with van der Waals surface area (Å²) in [5.74, 6) is -5.66. The Hall–Kier alpha value is -5.53. The number of ether oxygens (including phenoxy) is 2. The van der Waals surface area contributed by atoms with E-state index >= 15 is 0 Å². The van der Waals surface area contributed by atoms with Gasteiger partial charge < -0.3 is 24.8 Å². The fourth-order valence-electron chi connectivity index (χ4n) is 5.09. The number of rotatable bonds is 11. The zero-order valence-corrected chi connectivity index (χ0v) is 27.0. The van der Waals surface area contributed by atoms with Gasteiger partial charge in [0.05, 0.1) is 40.8 Å². The Bertz CT molecular complexity index is 1850. The number of benzene rings is 2. The van der Waals surface area contributed by atoms with Crippen LogP contribution in [0.2, 0.25) is 0 Å². The minimum atomic E-state index is -4.49. The SMILES string of the molecule is COc1cc(C(=O)O)cc(F)c1OC(=O)CCCc1ccc(NC(=O)c2ccc(C)nc2C2C=CC(C(F)(F)F)=CC2)c(C(=O)N(C)C)c1. The third-order valence-corrected chi connectivity index (χ3v) is 7.59. The molecule has 0 radical (unpaired) electrons. The molecule has 1 aliphatic rings. The van der Waals surface area contributed by atoms with Gasteiger partial charge in [0.2, 0.25) is 5.75 Å². The molecule has 1 aliphatic carbocycles. The summed E-state index contributed by atoms with van der Waals surface area (Å²) in [7, 11) is 4.25. The van der Waals surface area contributed by atoms with Crippen LogP contribution in [0.5, 0.6) is 11.5 Å². The Morgan fingerprint density at radius 3 is 2.41 bits per heavy atom. The van der Waals surface area contributed by atoms with Crippen LogP contribution >= 0.6 is 0 Å². The number of halogens is 4. The van der Waals surface area contributed by atoms with E-state index in [4.69, 9.17) is 14.6 Å². The molecule has 1 heterocycles. The molecule has 0 aliphatic heterocycles. The summed E-state index contributed by atoms with van der Waals surface area (Å²) in [5, 5.41) is 11.9. The quantitative estimate of drug-likeness (QED) is 0.130. The number of methoxy groups -OCH3 is 1. The van der Waals surface area contributed by atoms with Crippen molar-refractivity contribution in [1.82, 2.24) is 9.88 Å². The van der Waals surface area contributed by atoms with Crippen LogP contribution in [0.25, 0.3) is 0 Å². The number of hydrogen-bond donors (Lipinski definition) is 2. The number of pyridine rings is 1. The van der Waals surface area contributed by atoms with E-state index in [2.05, 4.69) is 10.3 Å². The highest BCUT2D eigenvalue weighted by Crippen LogP contribution is 2.35. The van der Waals surface area contributed by atoms with Crippen molar-refractivity contribution in [3.05, 3.63) is 106 Å². The van der Waals surface area contributed by atoms with E-state index in [0.717, 1.165) is 18.2 Å². The van der Waals surface area contributed by atoms with Crippen molar-refractivity contribution >= 4 is 29.4 Å². The predicted molar refractivity (Wildman–Crippen MR) is 171 cm³/mol. The zero-order chi connectivity index (χ0) is 36.0. The highest BCUT2D eigenvalue weighted by atomic mass is 19.4. The fraction of sp³-hybridized carbons (Fsp3) is 0.286. The molecule has 49 heavy (non-hydrogen) atoms. The minimum absolute atomic E-state index is 0.00578. The van der Waals surface area contributed by atoms with Gasteiger partial charge in [0.1, 0.15) is 0 Å². The van der Waals surface area contributed by atoms with Crippen LogP contribution in [0.1, 0.15) is 73.2 Å². The number of allylic oxidation sites excluding steroid dienone is 4. The lowest BCUT2D eigenvalue weighted by Gasteiger charge is -2.21. The van der Waals surface area contributed by atoms with Crippen LogP contribution < -0.4 is 14.8 Å². The van der Waals surface area contributed by atoms with Crippen molar-refractivity contribution in [2.75, 3.05) is 26.5 Å². The van der Waals surface area contributed by atoms with Gasteiger partial charge in [-0.05, 0) is 68.1 Å². The second-order valence-electron chi connectivity index (χ2n) is 11.4. The largest absolute Gasteiger partial charge is 0.493 e. The number of hydrogen-bond acceptors (Lipinski definition) is 7. The van der Waals surface area contributed by atoms with Crippen molar-refractivity contribution in [1.29, 1.82) is 0 Å². The third kappa shape index (κ3) is 8.89. The molecule has 4 rings (SSSR count). The van der Waals surface area contributed by atoms with Gasteiger partial charge in [0, 0.05) is 32.1 Å². The Balaban J connectivity index is 1.49. The van der Waals surface area contributed by atoms with Crippen LogP contribution in [0.3, 0.4) is 0 Å². The number of anilines is 1. The third-order valence-electron chi connectivity index (χ3n) is 7.59. The molecule has 10 nitrogen and oxygen atoms in total. The summed E-state index contributed by atoms with van der Waals surface area (Å²) in [4.78, 5) is 56.2. The molecular weight excluding hydrogens is 650 g/mol. The number of nitrogens with one attached hydrogen (secondary N) is 1. The van der Waals surface area contributed by atoms with E-state index in [1.807, 2.05) is 0 Å². The van der Waals surface area contributed by atoms with E-state index in [-0.39, 0.29) is 47.4 Å². The Kier molecular flexibility index (Phi) is 11.2. The van der Waals surface area contributed by atoms with Crippen molar-refractivity contribution in [2.24, 2.45) is 0 Å². The molecule has 0 saturated carbocycles. The molecule has 2 aromatic carbocycles. The molecule has 0 fully saturated rings. The summed E-state index contributed by atoms with van der Waals surface area (Å²) in [6.07, 6.45) is -0.717. The van der Waals surface area contributed by atoms with Gasteiger partial charge in [-0.15, -0.1) is 0 Å². The topological polar surface area (TPSA) is 135 Å². The minimum Gasteiger partial charge on any atom is -0.493 e. The molecule has 1 aromatic heterocycles. The Labute approximate surface area is 279 Å². The molecule has 3 aromatic rings. The lowest BCUT2D eigenvalue weighted by Crippen LogP contribution is -2.25. The average molecular weight is 684 g/mol. The van der Waals surface area contributed by atoms with Gasteiger partial charge in [-0.1, -0.05) is 24.3 Å². The second kappa shape index (κ2) is 15.1. The van der Waals surface area contributed by atoms with Gasteiger partial charge in [0.15, 0.2) is 11.6 Å². The first-order valence-electron chi connectivity index (χ1n) is 15.0. The first-order chi connectivity index (χ1) is 23.1. The summed E-state index contributed by atoms with van der Waals surface area (Å²) in [5.41, 5.74) is 0.837. The predicted octanol–water partition coefficient (Wildman–Crippen LogP) is 6.65. The number of nitrogens with zero attached hydrogens (tertiary/aromatic N) is 2. The number of esters is 1. The second-order valence-corrected chi connectivity index (χ2v) is 11.4. The van der Waals surface area contributed by atoms with Crippen LogP contribution in [-0.2, 0) is 11.2 Å². The first kappa shape index (κ1) is 36.3. The molecule has 0 saturated heterocycles. The summed E-state index contributed by atoms with van der Waals surface area (Å²) < 4.78 is 64.0. The maximum Gasteiger partial charge on any atom is 0.416 e. The number of amides is 2. The van der Waals surface area contributed by atoms with Gasteiger partial charge in [0.25, 0.3) is 11.8 Å². The van der Waals surface area contributed by atoms with Crippen LogP contribution in [0.4, 0.5) is 23.2 Å². The lowest BCUT2D eigenvalue weighted by molar-refractivity contribution is -0.134. The van der Waals surface area contributed by atoms with Crippen LogP contribution in [0.15, 0.2) is 66.3 Å². The maximum absolute atomic E-state index is 14.5. The number of carbonyl (C=O) groups is 4. The smallest absolute Gasteiger partial charge is 0.416 e. The van der Waals surface area contributed by atoms with Gasteiger partial charge in [-0.2, -0.15) is 13.2 Å². The van der Waals surface area contributed by atoms with Gasteiger partial charge in [-0.25, -0.2) is 9.18 Å². The van der Waals surface area contributed by atoms with Gasteiger partial charge >= 0.3 is 18.1 Å². The van der Waals surface area contributed by atoms with Crippen molar-refractivity contribution in [2.45, 2.75) is 44.7 Å². The maximum atomic E-state index is 14.5. The standard InChI is InChI=1S/C35H33F4N3O7/c1-19-8-14-24(30(40-19)21-10-12-23(13-11-21)35(37,38)39)32(44)41-27-15-9-20(16-25(27)33(45)42(2)3)6-5-7-29(43)49-31-26(36)17-22(34(46)47)18-28(31)48-4/h8-10,12-18,21H,5-7,11H2,1-4H3,(H,41,44)(H,46,47). The normalized spacial score (nSPS) is 14.1.